The molecule has 0 radical (unpaired) electrons. The monoisotopic (exact) mass is 419 g/mol. The summed E-state index contributed by atoms with van der Waals surface area (Å²) in [6.07, 6.45) is 8.72. The van der Waals surface area contributed by atoms with Crippen LogP contribution in [0.2, 0.25) is 0 Å². The van der Waals surface area contributed by atoms with Crippen molar-refractivity contribution in [3.63, 3.8) is 0 Å². The van der Waals surface area contributed by atoms with Gasteiger partial charge in [0.2, 0.25) is 5.91 Å². The molecule has 0 aliphatic carbocycles. The molecule has 4 rings (SSSR count). The average Bonchev–Trinajstić information content (AvgIpc) is 3.28. The normalized spacial score (nSPS) is 10.8. The Kier molecular flexibility index (Phi) is 6.19. The fourth-order valence-corrected chi connectivity index (χ4v) is 3.27. The van der Waals surface area contributed by atoms with Gasteiger partial charge in [-0.25, -0.2) is 4.68 Å². The Balaban J connectivity index is 1.57. The van der Waals surface area contributed by atoms with E-state index in [0.717, 1.165) is 28.1 Å². The molecule has 0 unspecified atom stereocenters. The minimum Gasteiger partial charge on any atom is -0.338 e. The Bertz CT molecular complexity index is 1270. The van der Waals surface area contributed by atoms with Crippen molar-refractivity contribution < 1.29 is 4.79 Å². The van der Waals surface area contributed by atoms with Gasteiger partial charge in [0, 0.05) is 49.4 Å². The van der Waals surface area contributed by atoms with Crippen LogP contribution in [-0.2, 0) is 11.3 Å². The number of carbonyl (C=O) groups excluding carboxylic acids is 1. The van der Waals surface area contributed by atoms with Crippen LogP contribution in [0.15, 0.2) is 91.4 Å². The van der Waals surface area contributed by atoms with Gasteiger partial charge >= 0.3 is 0 Å². The van der Waals surface area contributed by atoms with Gasteiger partial charge in [0.15, 0.2) is 0 Å². The lowest BCUT2D eigenvalue weighted by atomic mass is 10.1. The second kappa shape index (κ2) is 9.54. The number of aromatic nitrogens is 3. The predicted molar refractivity (Wildman–Crippen MR) is 123 cm³/mol. The molecule has 2 aromatic carbocycles. The SMILES string of the molecule is CN(Cc1ccc(C#N)cc1)C(=O)/C=C/c1cn(-c2ccccc2)nc1-c1cccnc1. The number of hydrogen-bond acceptors (Lipinski definition) is 4. The smallest absolute Gasteiger partial charge is 0.246 e. The van der Waals surface area contributed by atoms with Gasteiger partial charge in [-0.2, -0.15) is 10.4 Å². The van der Waals surface area contributed by atoms with Crippen LogP contribution in [0, 0.1) is 11.3 Å². The molecule has 0 fully saturated rings. The van der Waals surface area contributed by atoms with Crippen molar-refractivity contribution in [1.82, 2.24) is 19.7 Å². The van der Waals surface area contributed by atoms with E-state index in [1.807, 2.05) is 60.8 Å². The van der Waals surface area contributed by atoms with Gasteiger partial charge in [-0.15, -0.1) is 0 Å². The predicted octanol–water partition coefficient (Wildman–Crippen LogP) is 4.48. The van der Waals surface area contributed by atoms with Gasteiger partial charge < -0.3 is 4.90 Å². The van der Waals surface area contributed by atoms with Crippen molar-refractivity contribution in [1.29, 1.82) is 5.26 Å². The first kappa shape index (κ1) is 20.8. The molecular weight excluding hydrogens is 398 g/mol. The Morgan fingerprint density at radius 3 is 2.56 bits per heavy atom. The van der Waals surface area contributed by atoms with Crippen molar-refractivity contribution >= 4 is 12.0 Å². The molecule has 32 heavy (non-hydrogen) atoms. The maximum Gasteiger partial charge on any atom is 0.246 e. The Morgan fingerprint density at radius 1 is 1.09 bits per heavy atom. The number of carbonyl (C=O) groups is 1. The molecule has 0 saturated carbocycles. The highest BCUT2D eigenvalue weighted by Crippen LogP contribution is 2.24. The number of benzene rings is 2. The molecule has 0 atom stereocenters. The van der Waals surface area contributed by atoms with E-state index in [4.69, 9.17) is 10.4 Å². The summed E-state index contributed by atoms with van der Waals surface area (Å²) >= 11 is 0. The number of pyridine rings is 1. The number of nitriles is 1. The number of para-hydroxylation sites is 1. The van der Waals surface area contributed by atoms with Crippen LogP contribution in [0.3, 0.4) is 0 Å². The molecule has 6 nitrogen and oxygen atoms in total. The zero-order chi connectivity index (χ0) is 22.3. The van der Waals surface area contributed by atoms with Crippen LogP contribution >= 0.6 is 0 Å². The Labute approximate surface area is 186 Å². The van der Waals surface area contributed by atoms with Gasteiger partial charge in [0.05, 0.1) is 17.3 Å². The van der Waals surface area contributed by atoms with E-state index in [1.54, 1.807) is 53.3 Å². The number of nitrogens with zero attached hydrogens (tertiary/aromatic N) is 5. The average molecular weight is 419 g/mol. The van der Waals surface area contributed by atoms with Gasteiger partial charge in [-0.1, -0.05) is 30.3 Å². The summed E-state index contributed by atoms with van der Waals surface area (Å²) in [7, 11) is 1.75. The van der Waals surface area contributed by atoms with Crippen molar-refractivity contribution in [2.45, 2.75) is 6.54 Å². The quantitative estimate of drug-likeness (QED) is 0.432. The molecule has 0 bridgehead atoms. The van der Waals surface area contributed by atoms with E-state index < -0.39 is 0 Å². The lowest BCUT2D eigenvalue weighted by Crippen LogP contribution is -2.24. The molecule has 6 heteroatoms. The highest BCUT2D eigenvalue weighted by atomic mass is 16.2. The van der Waals surface area contributed by atoms with E-state index in [-0.39, 0.29) is 5.91 Å². The molecule has 0 saturated heterocycles. The molecule has 4 aromatic rings. The van der Waals surface area contributed by atoms with Crippen molar-refractivity contribution in [3.05, 3.63) is 108 Å². The fraction of sp³-hybridized carbons (Fsp3) is 0.0769. The van der Waals surface area contributed by atoms with E-state index >= 15 is 0 Å². The third kappa shape index (κ3) is 4.79. The van der Waals surface area contributed by atoms with E-state index in [0.29, 0.717) is 12.1 Å². The zero-order valence-electron chi connectivity index (χ0n) is 17.6. The van der Waals surface area contributed by atoms with Crippen molar-refractivity contribution in [2.24, 2.45) is 0 Å². The third-order valence-electron chi connectivity index (χ3n) is 4.98. The Hall–Kier alpha value is -4.50. The summed E-state index contributed by atoms with van der Waals surface area (Å²) in [5.41, 5.74) is 4.94. The molecular formula is C26H21N5O. The summed E-state index contributed by atoms with van der Waals surface area (Å²) in [5, 5.41) is 13.7. The zero-order valence-corrected chi connectivity index (χ0v) is 17.6. The van der Waals surface area contributed by atoms with Crippen LogP contribution in [0.4, 0.5) is 0 Å². The highest BCUT2D eigenvalue weighted by molar-refractivity contribution is 5.92. The molecule has 0 spiro atoms. The molecule has 2 heterocycles. The summed E-state index contributed by atoms with van der Waals surface area (Å²) in [4.78, 5) is 18.5. The maximum atomic E-state index is 12.7. The first-order valence-electron chi connectivity index (χ1n) is 10.1. The summed E-state index contributed by atoms with van der Waals surface area (Å²) in [6, 6.07) is 22.9. The lowest BCUT2D eigenvalue weighted by Gasteiger charge is -2.15. The van der Waals surface area contributed by atoms with Crippen LogP contribution in [0.5, 0.6) is 0 Å². The van der Waals surface area contributed by atoms with Crippen LogP contribution < -0.4 is 0 Å². The standard InChI is InChI=1S/C26H21N5O/c1-30(18-21-11-9-20(16-27)10-12-21)25(32)14-13-23-19-31(24-7-3-2-4-8-24)29-26(23)22-6-5-15-28-17-22/h2-15,17,19H,18H2,1H3/b14-13+. The fourth-order valence-electron chi connectivity index (χ4n) is 3.27. The maximum absolute atomic E-state index is 12.7. The lowest BCUT2D eigenvalue weighted by molar-refractivity contribution is -0.125. The largest absolute Gasteiger partial charge is 0.338 e. The minimum absolute atomic E-state index is 0.126. The molecule has 0 aliphatic rings. The number of amides is 1. The third-order valence-corrected chi connectivity index (χ3v) is 4.98. The van der Waals surface area contributed by atoms with Crippen molar-refractivity contribution in [2.75, 3.05) is 7.05 Å². The number of likely N-dealkylation sites (N-methyl/N-ethyl adjacent to an activating group) is 1. The van der Waals surface area contributed by atoms with Crippen LogP contribution in [-0.4, -0.2) is 32.6 Å². The van der Waals surface area contributed by atoms with Gasteiger partial charge in [0.1, 0.15) is 5.69 Å². The molecule has 2 aromatic heterocycles. The topological polar surface area (TPSA) is 74.8 Å². The van der Waals surface area contributed by atoms with Crippen LogP contribution in [0.25, 0.3) is 23.0 Å². The first-order chi connectivity index (χ1) is 15.6. The van der Waals surface area contributed by atoms with E-state index in [1.165, 1.54) is 0 Å². The highest BCUT2D eigenvalue weighted by Gasteiger charge is 2.12. The summed E-state index contributed by atoms with van der Waals surface area (Å²) in [5.74, 6) is -0.126. The van der Waals surface area contributed by atoms with E-state index in [9.17, 15) is 4.79 Å². The molecule has 156 valence electrons. The van der Waals surface area contributed by atoms with Gasteiger partial charge in [-0.3, -0.25) is 9.78 Å². The van der Waals surface area contributed by atoms with Gasteiger partial charge in [-0.05, 0) is 48.0 Å². The molecule has 1 amide bonds. The molecule has 0 aliphatic heterocycles. The Morgan fingerprint density at radius 2 is 1.88 bits per heavy atom. The first-order valence-corrected chi connectivity index (χ1v) is 10.1. The second-order valence-electron chi connectivity index (χ2n) is 7.29. The summed E-state index contributed by atoms with van der Waals surface area (Å²) < 4.78 is 1.80. The summed E-state index contributed by atoms with van der Waals surface area (Å²) in [6.45, 7) is 0.452. The van der Waals surface area contributed by atoms with Gasteiger partial charge in [0.25, 0.3) is 0 Å². The van der Waals surface area contributed by atoms with Crippen LogP contribution in [0.1, 0.15) is 16.7 Å². The number of rotatable bonds is 6. The van der Waals surface area contributed by atoms with Crippen molar-refractivity contribution in [3.8, 4) is 23.0 Å². The van der Waals surface area contributed by atoms with E-state index in [2.05, 4.69) is 11.1 Å². The minimum atomic E-state index is -0.126. The molecule has 0 N–H and O–H groups in total. The number of hydrogen-bond donors (Lipinski definition) is 0. The second-order valence-corrected chi connectivity index (χ2v) is 7.29.